The van der Waals surface area contributed by atoms with E-state index in [1.165, 1.54) is 16.0 Å². The fourth-order valence-electron chi connectivity index (χ4n) is 1.74. The van der Waals surface area contributed by atoms with Gasteiger partial charge in [0.1, 0.15) is 0 Å². The Bertz CT molecular complexity index is 462. The molecule has 0 amide bonds. The maximum Gasteiger partial charge on any atom is 0.0813 e. The number of rotatable bonds is 7. The van der Waals surface area contributed by atoms with E-state index in [4.69, 9.17) is 4.74 Å². The quantitative estimate of drug-likeness (QED) is 0.825. The van der Waals surface area contributed by atoms with Gasteiger partial charge in [-0.15, -0.1) is 11.3 Å². The second-order valence-electron chi connectivity index (χ2n) is 4.92. The van der Waals surface area contributed by atoms with Crippen LogP contribution in [0.2, 0.25) is 0 Å². The van der Waals surface area contributed by atoms with E-state index in [2.05, 4.69) is 60.9 Å². The lowest BCUT2D eigenvalue weighted by Crippen LogP contribution is -2.21. The van der Waals surface area contributed by atoms with Crippen molar-refractivity contribution in [2.75, 3.05) is 0 Å². The first-order valence-electron chi connectivity index (χ1n) is 6.65. The molecule has 1 N–H and O–H groups in total. The molecule has 3 heteroatoms. The first kappa shape index (κ1) is 14.3. The monoisotopic (exact) mass is 275 g/mol. The average molecular weight is 275 g/mol. The van der Waals surface area contributed by atoms with Gasteiger partial charge >= 0.3 is 0 Å². The van der Waals surface area contributed by atoms with Crippen LogP contribution in [-0.2, 0) is 24.5 Å². The maximum atomic E-state index is 5.70. The highest BCUT2D eigenvalue weighted by Gasteiger charge is 1.98. The molecule has 0 aliphatic heterocycles. The number of ether oxygens (including phenoxy) is 1. The molecule has 0 saturated carbocycles. The standard InChI is InChI=1S/C16H21NOS/c1-13(2)17-10-14-5-7-15(8-6-14)11-18-12-16-4-3-9-19-16/h3-9,13,17H,10-12H2,1-2H3. The van der Waals surface area contributed by atoms with E-state index in [0.29, 0.717) is 19.3 Å². The van der Waals surface area contributed by atoms with E-state index in [0.717, 1.165) is 6.54 Å². The Morgan fingerprint density at radius 1 is 1.05 bits per heavy atom. The molecular weight excluding hydrogens is 254 g/mol. The summed E-state index contributed by atoms with van der Waals surface area (Å²) >= 11 is 1.74. The number of benzene rings is 1. The van der Waals surface area contributed by atoms with Crippen LogP contribution in [0.15, 0.2) is 41.8 Å². The Labute approximate surface area is 119 Å². The van der Waals surface area contributed by atoms with Crippen LogP contribution in [0.5, 0.6) is 0 Å². The Morgan fingerprint density at radius 2 is 1.79 bits per heavy atom. The average Bonchev–Trinajstić information content (AvgIpc) is 2.91. The van der Waals surface area contributed by atoms with Crippen LogP contribution in [0.3, 0.4) is 0 Å². The molecule has 102 valence electrons. The summed E-state index contributed by atoms with van der Waals surface area (Å²) in [7, 11) is 0. The normalized spacial score (nSPS) is 11.1. The molecule has 0 unspecified atom stereocenters. The molecule has 0 saturated heterocycles. The SMILES string of the molecule is CC(C)NCc1ccc(COCc2cccs2)cc1. The fraction of sp³-hybridized carbons (Fsp3) is 0.375. The van der Waals surface area contributed by atoms with Gasteiger partial charge in [-0.05, 0) is 22.6 Å². The molecular formula is C16H21NOS. The largest absolute Gasteiger partial charge is 0.371 e. The lowest BCUT2D eigenvalue weighted by Gasteiger charge is -2.09. The summed E-state index contributed by atoms with van der Waals surface area (Å²) < 4.78 is 5.70. The van der Waals surface area contributed by atoms with Gasteiger partial charge in [-0.1, -0.05) is 44.2 Å². The first-order valence-corrected chi connectivity index (χ1v) is 7.53. The van der Waals surface area contributed by atoms with Crippen molar-refractivity contribution in [3.63, 3.8) is 0 Å². The van der Waals surface area contributed by atoms with Crippen LogP contribution in [-0.4, -0.2) is 6.04 Å². The Kier molecular flexibility index (Phi) is 5.58. The molecule has 0 aliphatic rings. The third kappa shape index (κ3) is 5.15. The van der Waals surface area contributed by atoms with Crippen molar-refractivity contribution in [3.05, 3.63) is 57.8 Å². The summed E-state index contributed by atoms with van der Waals surface area (Å²) in [6, 6.07) is 13.3. The van der Waals surface area contributed by atoms with E-state index in [1.807, 2.05) is 0 Å². The summed E-state index contributed by atoms with van der Waals surface area (Å²) in [5.74, 6) is 0. The molecule has 0 fully saturated rings. The summed E-state index contributed by atoms with van der Waals surface area (Å²) in [6.45, 7) is 6.62. The molecule has 0 atom stereocenters. The fourth-order valence-corrected chi connectivity index (χ4v) is 2.38. The smallest absolute Gasteiger partial charge is 0.0813 e. The minimum absolute atomic E-state index is 0.522. The minimum atomic E-state index is 0.522. The number of hydrogen-bond donors (Lipinski definition) is 1. The third-order valence-corrected chi connectivity index (χ3v) is 3.68. The summed E-state index contributed by atoms with van der Waals surface area (Å²) in [5, 5.41) is 5.49. The first-order chi connectivity index (χ1) is 9.24. The van der Waals surface area contributed by atoms with Crippen molar-refractivity contribution < 1.29 is 4.74 Å². The highest BCUT2D eigenvalue weighted by Crippen LogP contribution is 2.12. The predicted octanol–water partition coefficient (Wildman–Crippen LogP) is 3.96. The molecule has 1 aromatic heterocycles. The van der Waals surface area contributed by atoms with Gasteiger partial charge in [0.2, 0.25) is 0 Å². The molecule has 0 spiro atoms. The second-order valence-corrected chi connectivity index (χ2v) is 5.96. The highest BCUT2D eigenvalue weighted by atomic mass is 32.1. The second kappa shape index (κ2) is 7.43. The number of hydrogen-bond acceptors (Lipinski definition) is 3. The van der Waals surface area contributed by atoms with Crippen LogP contribution in [0.25, 0.3) is 0 Å². The molecule has 2 nitrogen and oxygen atoms in total. The predicted molar refractivity (Wildman–Crippen MR) is 81.2 cm³/mol. The van der Waals surface area contributed by atoms with Crippen molar-refractivity contribution >= 4 is 11.3 Å². The molecule has 1 heterocycles. The van der Waals surface area contributed by atoms with Gasteiger partial charge in [0.15, 0.2) is 0 Å². The number of thiophene rings is 1. The zero-order valence-electron chi connectivity index (χ0n) is 11.6. The summed E-state index contributed by atoms with van der Waals surface area (Å²) in [6.07, 6.45) is 0. The molecule has 0 bridgehead atoms. The van der Waals surface area contributed by atoms with Gasteiger partial charge in [-0.2, -0.15) is 0 Å². The third-order valence-electron chi connectivity index (χ3n) is 2.83. The van der Waals surface area contributed by atoms with Crippen molar-refractivity contribution in [1.29, 1.82) is 0 Å². The topological polar surface area (TPSA) is 21.3 Å². The zero-order valence-corrected chi connectivity index (χ0v) is 12.4. The summed E-state index contributed by atoms with van der Waals surface area (Å²) in [4.78, 5) is 1.28. The Morgan fingerprint density at radius 3 is 2.42 bits per heavy atom. The van der Waals surface area contributed by atoms with Gasteiger partial charge in [0, 0.05) is 17.5 Å². The van der Waals surface area contributed by atoms with E-state index in [9.17, 15) is 0 Å². The van der Waals surface area contributed by atoms with Gasteiger partial charge in [-0.25, -0.2) is 0 Å². The maximum absolute atomic E-state index is 5.70. The Hall–Kier alpha value is -1.16. The van der Waals surface area contributed by atoms with E-state index >= 15 is 0 Å². The van der Waals surface area contributed by atoms with Gasteiger partial charge in [0.05, 0.1) is 13.2 Å². The minimum Gasteiger partial charge on any atom is -0.371 e. The van der Waals surface area contributed by atoms with Crippen molar-refractivity contribution in [1.82, 2.24) is 5.32 Å². The molecule has 19 heavy (non-hydrogen) atoms. The van der Waals surface area contributed by atoms with Crippen LogP contribution >= 0.6 is 11.3 Å². The molecule has 0 radical (unpaired) electrons. The lowest BCUT2D eigenvalue weighted by atomic mass is 10.1. The highest BCUT2D eigenvalue weighted by molar-refractivity contribution is 7.09. The molecule has 2 rings (SSSR count). The van der Waals surface area contributed by atoms with Gasteiger partial charge < -0.3 is 10.1 Å². The zero-order chi connectivity index (χ0) is 13.5. The molecule has 1 aromatic carbocycles. The Balaban J connectivity index is 1.75. The van der Waals surface area contributed by atoms with Gasteiger partial charge in [0.25, 0.3) is 0 Å². The number of nitrogens with one attached hydrogen (secondary N) is 1. The molecule has 0 aliphatic carbocycles. The lowest BCUT2D eigenvalue weighted by molar-refractivity contribution is 0.109. The van der Waals surface area contributed by atoms with Crippen LogP contribution in [0.1, 0.15) is 29.9 Å². The van der Waals surface area contributed by atoms with Crippen LogP contribution in [0, 0.1) is 0 Å². The van der Waals surface area contributed by atoms with Gasteiger partial charge in [-0.3, -0.25) is 0 Å². The van der Waals surface area contributed by atoms with Crippen molar-refractivity contribution in [2.45, 2.75) is 39.6 Å². The van der Waals surface area contributed by atoms with E-state index < -0.39 is 0 Å². The van der Waals surface area contributed by atoms with E-state index in [-0.39, 0.29) is 0 Å². The van der Waals surface area contributed by atoms with Crippen molar-refractivity contribution in [2.24, 2.45) is 0 Å². The van der Waals surface area contributed by atoms with Crippen molar-refractivity contribution in [3.8, 4) is 0 Å². The van der Waals surface area contributed by atoms with Crippen LogP contribution in [0.4, 0.5) is 0 Å². The van der Waals surface area contributed by atoms with E-state index in [1.54, 1.807) is 11.3 Å². The van der Waals surface area contributed by atoms with Crippen LogP contribution < -0.4 is 5.32 Å². The molecule has 2 aromatic rings. The summed E-state index contributed by atoms with van der Waals surface area (Å²) in [5.41, 5.74) is 2.54.